The summed E-state index contributed by atoms with van der Waals surface area (Å²) < 4.78 is 0. The van der Waals surface area contributed by atoms with Gasteiger partial charge in [0.15, 0.2) is 0 Å². The molecule has 1 heterocycles. The molecule has 1 aliphatic heterocycles. The van der Waals surface area contributed by atoms with Gasteiger partial charge in [-0.05, 0) is 50.0 Å². The third-order valence-electron chi connectivity index (χ3n) is 5.72. The number of carboxylic acids is 1. The Morgan fingerprint density at radius 3 is 2.47 bits per heavy atom. The van der Waals surface area contributed by atoms with Gasteiger partial charge in [0.1, 0.15) is 0 Å². The van der Waals surface area contributed by atoms with Gasteiger partial charge in [-0.3, -0.25) is 9.69 Å². The summed E-state index contributed by atoms with van der Waals surface area (Å²) in [5, 5.41) is 9.63. The van der Waals surface area contributed by atoms with E-state index >= 15 is 0 Å². The summed E-state index contributed by atoms with van der Waals surface area (Å²) in [6.45, 7) is 10.5. The fourth-order valence-electron chi connectivity index (χ4n) is 4.23. The Morgan fingerprint density at radius 2 is 2.00 bits per heavy atom. The van der Waals surface area contributed by atoms with Crippen LogP contribution in [0.25, 0.3) is 0 Å². The standard InChI is InChI=1S/C16H29NO2/c1-11(2)16(15(18)19)7-8-17(10-16)14-6-5-12(3)9-13(14)4/h11-14H,5-10H2,1-4H3,(H,18,19). The first-order valence-corrected chi connectivity index (χ1v) is 7.84. The van der Waals surface area contributed by atoms with Crippen LogP contribution in [0, 0.1) is 23.2 Å². The largest absolute Gasteiger partial charge is 0.481 e. The SMILES string of the molecule is CC1CCC(N2CCC(C(=O)O)(C(C)C)C2)C(C)C1. The summed E-state index contributed by atoms with van der Waals surface area (Å²) in [7, 11) is 0. The van der Waals surface area contributed by atoms with Crippen molar-refractivity contribution in [2.75, 3.05) is 13.1 Å². The van der Waals surface area contributed by atoms with Gasteiger partial charge in [0, 0.05) is 12.6 Å². The van der Waals surface area contributed by atoms with Gasteiger partial charge in [0.25, 0.3) is 0 Å². The maximum Gasteiger partial charge on any atom is 0.311 e. The van der Waals surface area contributed by atoms with Crippen LogP contribution >= 0.6 is 0 Å². The van der Waals surface area contributed by atoms with Gasteiger partial charge >= 0.3 is 5.97 Å². The quantitative estimate of drug-likeness (QED) is 0.853. The van der Waals surface area contributed by atoms with Crippen LogP contribution in [-0.4, -0.2) is 35.1 Å². The lowest BCUT2D eigenvalue weighted by Crippen LogP contribution is -2.45. The van der Waals surface area contributed by atoms with E-state index in [0.717, 1.165) is 25.4 Å². The summed E-state index contributed by atoms with van der Waals surface area (Å²) in [6, 6.07) is 0.608. The van der Waals surface area contributed by atoms with Crippen LogP contribution in [-0.2, 0) is 4.79 Å². The van der Waals surface area contributed by atoms with Crippen molar-refractivity contribution in [3.05, 3.63) is 0 Å². The fourth-order valence-corrected chi connectivity index (χ4v) is 4.23. The second-order valence-corrected chi connectivity index (χ2v) is 7.30. The monoisotopic (exact) mass is 267 g/mol. The number of nitrogens with zero attached hydrogens (tertiary/aromatic N) is 1. The van der Waals surface area contributed by atoms with Crippen molar-refractivity contribution < 1.29 is 9.90 Å². The molecule has 2 rings (SSSR count). The number of carbonyl (C=O) groups is 1. The predicted molar refractivity (Wildman–Crippen MR) is 77.1 cm³/mol. The molecule has 0 aromatic heterocycles. The van der Waals surface area contributed by atoms with E-state index in [9.17, 15) is 9.90 Å². The van der Waals surface area contributed by atoms with Gasteiger partial charge in [-0.1, -0.05) is 27.7 Å². The fraction of sp³-hybridized carbons (Fsp3) is 0.938. The molecule has 3 heteroatoms. The Kier molecular flexibility index (Phi) is 4.24. The zero-order valence-electron chi connectivity index (χ0n) is 12.9. The molecule has 1 saturated heterocycles. The Labute approximate surface area is 117 Å². The van der Waals surface area contributed by atoms with Crippen LogP contribution in [0.2, 0.25) is 0 Å². The Hall–Kier alpha value is -0.570. The molecule has 0 amide bonds. The molecule has 4 atom stereocenters. The summed E-state index contributed by atoms with van der Waals surface area (Å²) in [5.74, 6) is 1.17. The molecule has 1 aliphatic carbocycles. The molecule has 3 nitrogen and oxygen atoms in total. The molecular formula is C16H29NO2. The number of carboxylic acid groups (broad SMARTS) is 1. The summed E-state index contributed by atoms with van der Waals surface area (Å²) in [6.07, 6.45) is 4.66. The Balaban J connectivity index is 2.07. The van der Waals surface area contributed by atoms with Crippen molar-refractivity contribution in [2.24, 2.45) is 23.2 Å². The highest BCUT2D eigenvalue weighted by molar-refractivity contribution is 5.75. The second kappa shape index (κ2) is 5.43. The van der Waals surface area contributed by atoms with E-state index in [0.29, 0.717) is 12.0 Å². The first-order valence-electron chi connectivity index (χ1n) is 7.84. The van der Waals surface area contributed by atoms with Gasteiger partial charge in [-0.15, -0.1) is 0 Å². The minimum Gasteiger partial charge on any atom is -0.481 e. The lowest BCUT2D eigenvalue weighted by molar-refractivity contribution is -0.151. The number of hydrogen-bond donors (Lipinski definition) is 1. The molecule has 110 valence electrons. The number of likely N-dealkylation sites (tertiary alicyclic amines) is 1. The zero-order chi connectivity index (χ0) is 14.2. The van der Waals surface area contributed by atoms with Crippen molar-refractivity contribution in [1.29, 1.82) is 0 Å². The van der Waals surface area contributed by atoms with Crippen molar-refractivity contribution >= 4 is 5.97 Å². The van der Waals surface area contributed by atoms with Crippen molar-refractivity contribution in [3.63, 3.8) is 0 Å². The van der Waals surface area contributed by atoms with E-state index in [2.05, 4.69) is 32.6 Å². The third-order valence-corrected chi connectivity index (χ3v) is 5.72. The van der Waals surface area contributed by atoms with Crippen LogP contribution in [0.4, 0.5) is 0 Å². The van der Waals surface area contributed by atoms with Crippen molar-refractivity contribution in [3.8, 4) is 0 Å². The molecule has 4 unspecified atom stereocenters. The maximum absolute atomic E-state index is 11.7. The number of aliphatic carboxylic acids is 1. The van der Waals surface area contributed by atoms with E-state index < -0.39 is 11.4 Å². The highest BCUT2D eigenvalue weighted by Gasteiger charge is 2.49. The normalized spacial score (nSPS) is 40.8. The van der Waals surface area contributed by atoms with Crippen LogP contribution in [0.1, 0.15) is 53.4 Å². The maximum atomic E-state index is 11.7. The lowest BCUT2D eigenvalue weighted by atomic mass is 9.76. The van der Waals surface area contributed by atoms with E-state index in [4.69, 9.17) is 0 Å². The predicted octanol–water partition coefficient (Wildman–Crippen LogP) is 3.24. The zero-order valence-corrected chi connectivity index (χ0v) is 12.9. The van der Waals surface area contributed by atoms with E-state index in [1.165, 1.54) is 19.3 Å². The molecule has 2 fully saturated rings. The topological polar surface area (TPSA) is 40.5 Å². The highest BCUT2D eigenvalue weighted by atomic mass is 16.4. The first-order chi connectivity index (χ1) is 8.86. The van der Waals surface area contributed by atoms with Gasteiger partial charge in [-0.2, -0.15) is 0 Å². The van der Waals surface area contributed by atoms with Crippen LogP contribution < -0.4 is 0 Å². The van der Waals surface area contributed by atoms with Crippen molar-refractivity contribution in [2.45, 2.75) is 59.4 Å². The lowest BCUT2D eigenvalue weighted by Gasteiger charge is -2.39. The molecule has 0 aromatic rings. The summed E-state index contributed by atoms with van der Waals surface area (Å²) in [4.78, 5) is 14.2. The average Bonchev–Trinajstić information content (AvgIpc) is 2.75. The number of rotatable bonds is 3. The highest BCUT2D eigenvalue weighted by Crippen LogP contribution is 2.42. The minimum absolute atomic E-state index is 0.216. The van der Waals surface area contributed by atoms with E-state index in [-0.39, 0.29) is 5.92 Å². The molecule has 1 N–H and O–H groups in total. The number of hydrogen-bond acceptors (Lipinski definition) is 2. The van der Waals surface area contributed by atoms with Crippen LogP contribution in [0.3, 0.4) is 0 Å². The second-order valence-electron chi connectivity index (χ2n) is 7.30. The smallest absolute Gasteiger partial charge is 0.311 e. The molecule has 19 heavy (non-hydrogen) atoms. The summed E-state index contributed by atoms with van der Waals surface area (Å²) in [5.41, 5.74) is -0.511. The Bertz CT molecular complexity index is 342. The first kappa shape index (κ1) is 14.8. The summed E-state index contributed by atoms with van der Waals surface area (Å²) >= 11 is 0. The van der Waals surface area contributed by atoms with Crippen molar-refractivity contribution in [1.82, 2.24) is 4.90 Å². The average molecular weight is 267 g/mol. The minimum atomic E-state index is -0.596. The van der Waals surface area contributed by atoms with Crippen LogP contribution in [0.15, 0.2) is 0 Å². The molecule has 0 bridgehead atoms. The van der Waals surface area contributed by atoms with Gasteiger partial charge in [0.2, 0.25) is 0 Å². The van der Waals surface area contributed by atoms with E-state index in [1.54, 1.807) is 0 Å². The Morgan fingerprint density at radius 1 is 1.32 bits per heavy atom. The molecule has 0 radical (unpaired) electrons. The molecule has 2 aliphatic rings. The molecule has 0 spiro atoms. The van der Waals surface area contributed by atoms with Crippen LogP contribution in [0.5, 0.6) is 0 Å². The molecular weight excluding hydrogens is 238 g/mol. The van der Waals surface area contributed by atoms with Gasteiger partial charge in [0.05, 0.1) is 5.41 Å². The van der Waals surface area contributed by atoms with Gasteiger partial charge in [-0.25, -0.2) is 0 Å². The van der Waals surface area contributed by atoms with E-state index in [1.807, 2.05) is 0 Å². The van der Waals surface area contributed by atoms with Gasteiger partial charge < -0.3 is 5.11 Å². The third kappa shape index (κ3) is 2.67. The molecule has 1 saturated carbocycles. The molecule has 0 aromatic carbocycles.